The number of amides is 1. The summed E-state index contributed by atoms with van der Waals surface area (Å²) in [4.78, 5) is 23.1. The number of benzene rings is 1. The molecule has 0 aliphatic carbocycles. The third kappa shape index (κ3) is 3.99. The normalized spacial score (nSPS) is 15.8. The van der Waals surface area contributed by atoms with Gasteiger partial charge in [0.15, 0.2) is 5.65 Å². The Bertz CT molecular complexity index is 1350. The number of fused-ring (bicyclic) bond motifs is 2. The molecule has 4 aromatic rings. The summed E-state index contributed by atoms with van der Waals surface area (Å²) in [6.07, 6.45) is 8.07. The first-order chi connectivity index (χ1) is 16.7. The van der Waals surface area contributed by atoms with Crippen LogP contribution in [0.3, 0.4) is 0 Å². The molecule has 0 unspecified atom stereocenters. The monoisotopic (exact) mass is 455 g/mol. The lowest BCUT2D eigenvalue weighted by atomic mass is 10.0. The van der Waals surface area contributed by atoms with Gasteiger partial charge >= 0.3 is 0 Å². The number of hydrogen-bond acceptors (Lipinski definition) is 7. The van der Waals surface area contributed by atoms with Gasteiger partial charge in [0.05, 0.1) is 18.8 Å². The molecule has 1 saturated heterocycles. The van der Waals surface area contributed by atoms with E-state index in [9.17, 15) is 4.79 Å². The molecule has 0 radical (unpaired) electrons. The first kappa shape index (κ1) is 20.7. The summed E-state index contributed by atoms with van der Waals surface area (Å²) >= 11 is 0. The molecule has 2 aliphatic rings. The molecular formula is C25H25N7O2. The summed E-state index contributed by atoms with van der Waals surface area (Å²) < 4.78 is 7.67. The average Bonchev–Trinajstić information content (AvgIpc) is 3.53. The Morgan fingerprint density at radius 3 is 2.94 bits per heavy atom. The van der Waals surface area contributed by atoms with Crippen molar-refractivity contribution in [3.63, 3.8) is 0 Å². The van der Waals surface area contributed by atoms with E-state index >= 15 is 0 Å². The largest absolute Gasteiger partial charge is 0.493 e. The molecule has 0 bridgehead atoms. The van der Waals surface area contributed by atoms with Crippen LogP contribution in [0.15, 0.2) is 49.1 Å². The molecule has 6 rings (SSSR count). The molecule has 3 aromatic heterocycles. The van der Waals surface area contributed by atoms with Gasteiger partial charge in [-0.15, -0.1) is 10.2 Å². The van der Waals surface area contributed by atoms with Crippen LogP contribution in [0, 0.1) is 0 Å². The molecule has 1 amide bonds. The van der Waals surface area contributed by atoms with Gasteiger partial charge in [0.2, 0.25) is 5.91 Å². The van der Waals surface area contributed by atoms with Crippen LogP contribution in [0.4, 0.5) is 0 Å². The minimum absolute atomic E-state index is 0.0632. The number of rotatable bonds is 6. The predicted molar refractivity (Wildman–Crippen MR) is 125 cm³/mol. The van der Waals surface area contributed by atoms with Gasteiger partial charge in [-0.3, -0.25) is 19.1 Å². The quantitative estimate of drug-likeness (QED) is 0.474. The minimum Gasteiger partial charge on any atom is -0.493 e. The van der Waals surface area contributed by atoms with E-state index in [1.165, 1.54) is 11.1 Å². The molecule has 1 N–H and O–H groups in total. The van der Waals surface area contributed by atoms with E-state index in [1.807, 2.05) is 35.0 Å². The van der Waals surface area contributed by atoms with Crippen molar-refractivity contribution in [1.29, 1.82) is 0 Å². The molecule has 0 spiro atoms. The Labute approximate surface area is 196 Å². The third-order valence-corrected chi connectivity index (χ3v) is 6.51. The number of carbonyl (C=O) groups is 1. The van der Waals surface area contributed by atoms with Crippen LogP contribution >= 0.6 is 0 Å². The van der Waals surface area contributed by atoms with Gasteiger partial charge in [-0.2, -0.15) is 0 Å². The first-order valence-corrected chi connectivity index (χ1v) is 11.6. The Morgan fingerprint density at radius 1 is 1.09 bits per heavy atom. The second-order valence-electron chi connectivity index (χ2n) is 8.70. The van der Waals surface area contributed by atoms with Crippen LogP contribution in [-0.4, -0.2) is 61.6 Å². The molecular weight excluding hydrogens is 430 g/mol. The second-order valence-corrected chi connectivity index (χ2v) is 8.70. The molecule has 172 valence electrons. The van der Waals surface area contributed by atoms with Gasteiger partial charge < -0.3 is 10.1 Å². The molecule has 9 nitrogen and oxygen atoms in total. The number of hydrogen-bond donors (Lipinski definition) is 1. The van der Waals surface area contributed by atoms with E-state index in [4.69, 9.17) is 9.72 Å². The molecule has 0 saturated carbocycles. The molecule has 2 aliphatic heterocycles. The van der Waals surface area contributed by atoms with Crippen molar-refractivity contribution in [1.82, 2.24) is 34.8 Å². The van der Waals surface area contributed by atoms with E-state index in [0.29, 0.717) is 19.6 Å². The van der Waals surface area contributed by atoms with Gasteiger partial charge in [0.1, 0.15) is 17.9 Å². The van der Waals surface area contributed by atoms with Crippen LogP contribution in [-0.2, 0) is 30.6 Å². The summed E-state index contributed by atoms with van der Waals surface area (Å²) in [7, 11) is 0. The number of nitrogens with one attached hydrogen (secondary N) is 1. The van der Waals surface area contributed by atoms with Crippen LogP contribution in [0.2, 0.25) is 0 Å². The zero-order valence-corrected chi connectivity index (χ0v) is 18.8. The number of piperazine rings is 1. The van der Waals surface area contributed by atoms with Gasteiger partial charge in [0, 0.05) is 61.6 Å². The Morgan fingerprint density at radius 2 is 2.06 bits per heavy atom. The highest BCUT2D eigenvalue weighted by atomic mass is 16.5. The van der Waals surface area contributed by atoms with Crippen molar-refractivity contribution in [2.75, 3.05) is 26.2 Å². The maximum Gasteiger partial charge on any atom is 0.234 e. The molecule has 1 aromatic carbocycles. The van der Waals surface area contributed by atoms with Gasteiger partial charge in [-0.05, 0) is 24.1 Å². The van der Waals surface area contributed by atoms with E-state index in [0.717, 1.165) is 66.5 Å². The summed E-state index contributed by atoms with van der Waals surface area (Å²) in [5.41, 5.74) is 6.17. The van der Waals surface area contributed by atoms with Gasteiger partial charge in [-0.1, -0.05) is 18.2 Å². The number of carbonyl (C=O) groups excluding carboxylic acids is 1. The van der Waals surface area contributed by atoms with Gasteiger partial charge in [0.25, 0.3) is 0 Å². The maximum atomic E-state index is 11.6. The fraction of sp³-hybridized carbons (Fsp3) is 0.320. The first-order valence-electron chi connectivity index (χ1n) is 11.6. The number of nitrogens with zero attached hydrogens (tertiary/aromatic N) is 6. The van der Waals surface area contributed by atoms with E-state index < -0.39 is 0 Å². The highest BCUT2D eigenvalue weighted by molar-refractivity contribution is 5.78. The summed E-state index contributed by atoms with van der Waals surface area (Å²) in [5.74, 6) is 2.00. The fourth-order valence-corrected chi connectivity index (χ4v) is 4.76. The van der Waals surface area contributed by atoms with Crippen LogP contribution in [0.1, 0.15) is 22.6 Å². The highest BCUT2D eigenvalue weighted by Crippen LogP contribution is 2.29. The maximum absolute atomic E-state index is 11.6. The molecule has 34 heavy (non-hydrogen) atoms. The molecule has 1 fully saturated rings. The van der Waals surface area contributed by atoms with Crippen LogP contribution in [0.5, 0.6) is 5.75 Å². The molecule has 9 heteroatoms. The van der Waals surface area contributed by atoms with Gasteiger partial charge in [-0.25, -0.2) is 4.98 Å². The standard InChI is InChI=1S/C25H25N7O2/c33-24-15-31(10-9-26-24)14-19-6-4-18(12-27-19)21-13-28-23(32-16-29-30-25(21)32)7-5-17-2-1-3-22-20(17)8-11-34-22/h1-4,6,12-13,16H,5,7-11,14-15H2,(H,26,33). The SMILES string of the molecule is O=C1CN(Cc2ccc(-c3cnc(CCc4cccc5c4CCO5)n4cnnc34)cn2)CCN1. The van der Waals surface area contributed by atoms with Crippen molar-refractivity contribution < 1.29 is 9.53 Å². The predicted octanol–water partition coefficient (Wildman–Crippen LogP) is 1.84. The third-order valence-electron chi connectivity index (χ3n) is 6.51. The Hall–Kier alpha value is -3.85. The smallest absolute Gasteiger partial charge is 0.234 e. The van der Waals surface area contributed by atoms with E-state index in [2.05, 4.69) is 37.5 Å². The second kappa shape index (κ2) is 8.83. The summed E-state index contributed by atoms with van der Waals surface area (Å²) in [6, 6.07) is 10.3. The summed E-state index contributed by atoms with van der Waals surface area (Å²) in [5, 5.41) is 11.4. The summed E-state index contributed by atoms with van der Waals surface area (Å²) in [6.45, 7) is 3.34. The molecule has 5 heterocycles. The van der Waals surface area contributed by atoms with Crippen molar-refractivity contribution in [2.24, 2.45) is 0 Å². The zero-order chi connectivity index (χ0) is 22.9. The van der Waals surface area contributed by atoms with E-state index in [1.54, 1.807) is 6.33 Å². The van der Waals surface area contributed by atoms with Crippen molar-refractivity contribution >= 4 is 11.6 Å². The molecule has 0 atom stereocenters. The lowest BCUT2D eigenvalue weighted by Crippen LogP contribution is -2.47. The average molecular weight is 456 g/mol. The zero-order valence-electron chi connectivity index (χ0n) is 18.8. The lowest BCUT2D eigenvalue weighted by molar-refractivity contribution is -0.124. The Kier molecular flexibility index (Phi) is 5.38. The number of pyridine rings is 1. The van der Waals surface area contributed by atoms with Crippen molar-refractivity contribution in [2.45, 2.75) is 25.8 Å². The number of aryl methyl sites for hydroxylation is 2. The topological polar surface area (TPSA) is 97.5 Å². The highest BCUT2D eigenvalue weighted by Gasteiger charge is 2.18. The van der Waals surface area contributed by atoms with Crippen LogP contribution < -0.4 is 10.1 Å². The van der Waals surface area contributed by atoms with E-state index in [-0.39, 0.29) is 5.91 Å². The lowest BCUT2D eigenvalue weighted by Gasteiger charge is -2.25. The number of aromatic nitrogens is 5. The Balaban J connectivity index is 1.21. The van der Waals surface area contributed by atoms with Crippen molar-refractivity contribution in [3.8, 4) is 16.9 Å². The number of ether oxygens (including phenoxy) is 1. The van der Waals surface area contributed by atoms with Crippen LogP contribution in [0.25, 0.3) is 16.8 Å². The van der Waals surface area contributed by atoms with Crippen molar-refractivity contribution in [3.05, 3.63) is 71.7 Å². The fourth-order valence-electron chi connectivity index (χ4n) is 4.76. The minimum atomic E-state index is 0.0632.